The molecule has 3 rings (SSSR count). The van der Waals surface area contributed by atoms with E-state index in [9.17, 15) is 9.59 Å². The van der Waals surface area contributed by atoms with Crippen LogP contribution in [-0.2, 0) is 16.1 Å². The van der Waals surface area contributed by atoms with Crippen molar-refractivity contribution in [3.8, 4) is 5.75 Å². The molecule has 0 bridgehead atoms. The molecule has 1 N–H and O–H groups in total. The summed E-state index contributed by atoms with van der Waals surface area (Å²) >= 11 is 1.69. The summed E-state index contributed by atoms with van der Waals surface area (Å²) in [6.07, 6.45) is 1.40. The van der Waals surface area contributed by atoms with Gasteiger partial charge >= 0.3 is 0 Å². The lowest BCUT2D eigenvalue weighted by Gasteiger charge is -2.35. The van der Waals surface area contributed by atoms with Crippen LogP contribution in [0.5, 0.6) is 5.75 Å². The summed E-state index contributed by atoms with van der Waals surface area (Å²) in [6, 6.07) is 15.7. The maximum atomic E-state index is 12.8. The van der Waals surface area contributed by atoms with Gasteiger partial charge in [-0.15, -0.1) is 11.8 Å². The van der Waals surface area contributed by atoms with E-state index in [4.69, 9.17) is 4.74 Å². The number of thioether (sulfide) groups is 1. The van der Waals surface area contributed by atoms with Crippen molar-refractivity contribution in [3.05, 3.63) is 54.1 Å². The molecule has 1 heterocycles. The molecule has 0 aliphatic carbocycles. The van der Waals surface area contributed by atoms with Crippen LogP contribution in [0.1, 0.15) is 5.56 Å². The van der Waals surface area contributed by atoms with Crippen LogP contribution in [0.2, 0.25) is 0 Å². The quantitative estimate of drug-likeness (QED) is 0.756. The molecule has 0 saturated carbocycles. The number of carbonyl (C=O) groups excluding carboxylic acids is 2. The highest BCUT2D eigenvalue weighted by molar-refractivity contribution is 7.98. The van der Waals surface area contributed by atoms with Gasteiger partial charge in [-0.2, -0.15) is 0 Å². The second-order valence-corrected chi connectivity index (χ2v) is 7.55. The standard InChI is InChI=1S/C21H25N3O3S/c1-22-21(26)19-13-24(17-6-4-5-7-18(17)27-19)14-20(25)23(2)12-15-8-10-16(28-3)11-9-15/h4-11,19H,12-14H2,1-3H3,(H,22,26)/t19-/m1/s1. The average Bonchev–Trinajstić information content (AvgIpc) is 2.73. The van der Waals surface area contributed by atoms with Gasteiger partial charge < -0.3 is 19.9 Å². The summed E-state index contributed by atoms with van der Waals surface area (Å²) in [4.78, 5) is 29.7. The number of para-hydroxylation sites is 2. The number of amides is 2. The van der Waals surface area contributed by atoms with Crippen molar-refractivity contribution in [1.29, 1.82) is 0 Å². The minimum absolute atomic E-state index is 0.0127. The van der Waals surface area contributed by atoms with Crippen LogP contribution in [0.15, 0.2) is 53.4 Å². The molecule has 1 atom stereocenters. The number of fused-ring (bicyclic) bond motifs is 1. The smallest absolute Gasteiger partial charge is 0.262 e. The Hall–Kier alpha value is -2.67. The molecule has 0 aromatic heterocycles. The minimum Gasteiger partial charge on any atom is -0.477 e. The number of nitrogens with one attached hydrogen (secondary N) is 1. The average molecular weight is 400 g/mol. The van der Waals surface area contributed by atoms with Gasteiger partial charge in [-0.3, -0.25) is 9.59 Å². The van der Waals surface area contributed by atoms with Crippen molar-refractivity contribution in [2.45, 2.75) is 17.5 Å². The third kappa shape index (κ3) is 4.59. The summed E-state index contributed by atoms with van der Waals surface area (Å²) in [5, 5.41) is 2.62. The summed E-state index contributed by atoms with van der Waals surface area (Å²) < 4.78 is 5.79. The zero-order chi connectivity index (χ0) is 20.1. The number of rotatable bonds is 6. The first kappa shape index (κ1) is 20.1. The number of hydrogen-bond donors (Lipinski definition) is 1. The molecule has 6 nitrogen and oxygen atoms in total. The highest BCUT2D eigenvalue weighted by Gasteiger charge is 2.31. The van der Waals surface area contributed by atoms with Crippen LogP contribution >= 0.6 is 11.8 Å². The van der Waals surface area contributed by atoms with Gasteiger partial charge in [-0.05, 0) is 36.1 Å². The second kappa shape index (κ2) is 9.01. The van der Waals surface area contributed by atoms with Gasteiger partial charge in [0.25, 0.3) is 5.91 Å². The molecule has 0 saturated heterocycles. The number of likely N-dealkylation sites (N-methyl/N-ethyl adjacent to an activating group) is 2. The van der Waals surface area contributed by atoms with Crippen molar-refractivity contribution < 1.29 is 14.3 Å². The van der Waals surface area contributed by atoms with Crippen molar-refractivity contribution in [1.82, 2.24) is 10.2 Å². The Morgan fingerprint density at radius 3 is 2.61 bits per heavy atom. The molecule has 0 fully saturated rings. The molecule has 2 aromatic carbocycles. The topological polar surface area (TPSA) is 61.9 Å². The van der Waals surface area contributed by atoms with Crippen LogP contribution in [0, 0.1) is 0 Å². The first-order valence-electron chi connectivity index (χ1n) is 9.11. The number of benzene rings is 2. The van der Waals surface area contributed by atoms with E-state index in [1.807, 2.05) is 47.6 Å². The number of ether oxygens (including phenoxy) is 1. The van der Waals surface area contributed by atoms with Crippen LogP contribution in [0.4, 0.5) is 5.69 Å². The van der Waals surface area contributed by atoms with Gasteiger partial charge in [0.15, 0.2) is 6.10 Å². The molecular weight excluding hydrogens is 374 g/mol. The molecule has 1 aliphatic rings. The Balaban J connectivity index is 1.69. The fraction of sp³-hybridized carbons (Fsp3) is 0.333. The highest BCUT2D eigenvalue weighted by atomic mass is 32.2. The number of hydrogen-bond acceptors (Lipinski definition) is 5. The van der Waals surface area contributed by atoms with E-state index in [0.29, 0.717) is 18.8 Å². The van der Waals surface area contributed by atoms with Gasteiger partial charge in [-0.1, -0.05) is 24.3 Å². The lowest BCUT2D eigenvalue weighted by Crippen LogP contribution is -2.50. The predicted octanol–water partition coefficient (Wildman–Crippen LogP) is 2.38. The maximum Gasteiger partial charge on any atom is 0.262 e. The third-order valence-corrected chi connectivity index (χ3v) is 5.47. The van der Waals surface area contributed by atoms with E-state index in [0.717, 1.165) is 11.3 Å². The number of carbonyl (C=O) groups is 2. The van der Waals surface area contributed by atoms with E-state index in [1.165, 1.54) is 4.90 Å². The van der Waals surface area contributed by atoms with Crippen LogP contribution in [-0.4, -0.2) is 56.3 Å². The number of nitrogens with zero attached hydrogens (tertiary/aromatic N) is 2. The van der Waals surface area contributed by atoms with Crippen LogP contribution in [0.3, 0.4) is 0 Å². The molecule has 2 amide bonds. The van der Waals surface area contributed by atoms with Gasteiger partial charge in [0.2, 0.25) is 5.91 Å². The molecular formula is C21H25N3O3S. The van der Waals surface area contributed by atoms with Crippen molar-refractivity contribution in [2.24, 2.45) is 0 Å². The first-order chi connectivity index (χ1) is 13.5. The van der Waals surface area contributed by atoms with E-state index >= 15 is 0 Å². The Labute approximate surface area is 169 Å². The van der Waals surface area contributed by atoms with Gasteiger partial charge in [0, 0.05) is 25.5 Å². The molecule has 0 unspecified atom stereocenters. The maximum absolute atomic E-state index is 12.8. The SMILES string of the molecule is CNC(=O)[C@H]1CN(CC(=O)N(C)Cc2ccc(SC)cc2)c2ccccc2O1. The molecule has 148 valence electrons. The molecule has 1 aliphatic heterocycles. The fourth-order valence-corrected chi connectivity index (χ4v) is 3.54. The van der Waals surface area contributed by atoms with E-state index in [1.54, 1.807) is 30.8 Å². The Bertz CT molecular complexity index is 841. The summed E-state index contributed by atoms with van der Waals surface area (Å²) in [7, 11) is 3.38. The monoisotopic (exact) mass is 399 g/mol. The Morgan fingerprint density at radius 2 is 1.93 bits per heavy atom. The number of anilines is 1. The van der Waals surface area contributed by atoms with Crippen molar-refractivity contribution in [3.63, 3.8) is 0 Å². The lowest BCUT2D eigenvalue weighted by atomic mass is 10.1. The fourth-order valence-electron chi connectivity index (χ4n) is 3.13. The van der Waals surface area contributed by atoms with Gasteiger partial charge in [0.05, 0.1) is 18.8 Å². The zero-order valence-electron chi connectivity index (χ0n) is 16.3. The Morgan fingerprint density at radius 1 is 1.21 bits per heavy atom. The van der Waals surface area contributed by atoms with E-state index in [2.05, 4.69) is 17.4 Å². The highest BCUT2D eigenvalue weighted by Crippen LogP contribution is 2.33. The van der Waals surface area contributed by atoms with Crippen LogP contribution in [0.25, 0.3) is 0 Å². The zero-order valence-corrected chi connectivity index (χ0v) is 17.2. The molecule has 0 spiro atoms. The van der Waals surface area contributed by atoms with Crippen molar-refractivity contribution >= 4 is 29.3 Å². The van der Waals surface area contributed by atoms with Crippen molar-refractivity contribution in [2.75, 3.05) is 38.3 Å². The van der Waals surface area contributed by atoms with E-state index < -0.39 is 6.10 Å². The molecule has 0 radical (unpaired) electrons. The third-order valence-electron chi connectivity index (χ3n) is 4.73. The van der Waals surface area contributed by atoms with Crippen LogP contribution < -0.4 is 15.0 Å². The van der Waals surface area contributed by atoms with E-state index in [-0.39, 0.29) is 18.4 Å². The lowest BCUT2D eigenvalue weighted by molar-refractivity contribution is -0.130. The summed E-state index contributed by atoms with van der Waals surface area (Å²) in [5.41, 5.74) is 1.91. The normalized spacial score (nSPS) is 15.4. The second-order valence-electron chi connectivity index (χ2n) is 6.67. The first-order valence-corrected chi connectivity index (χ1v) is 10.3. The summed E-state index contributed by atoms with van der Waals surface area (Å²) in [6.45, 7) is 1.06. The molecule has 7 heteroatoms. The minimum atomic E-state index is -0.642. The molecule has 2 aromatic rings. The summed E-state index contributed by atoms with van der Waals surface area (Å²) in [5.74, 6) is 0.404. The molecule has 28 heavy (non-hydrogen) atoms. The van der Waals surface area contributed by atoms with Gasteiger partial charge in [-0.25, -0.2) is 0 Å². The van der Waals surface area contributed by atoms with Gasteiger partial charge in [0.1, 0.15) is 5.75 Å². The Kier molecular flexibility index (Phi) is 6.46. The predicted molar refractivity (Wildman–Crippen MR) is 112 cm³/mol. The largest absolute Gasteiger partial charge is 0.477 e.